The maximum Gasteiger partial charge on any atom is 0.163 e. The maximum atomic E-state index is 10.3. The molecule has 3 heterocycles. The Balaban J connectivity index is 1.67. The van der Waals surface area contributed by atoms with Crippen molar-refractivity contribution < 1.29 is 5.11 Å². The molecule has 1 aliphatic rings. The molecule has 1 fully saturated rings. The number of likely N-dealkylation sites (tertiary alicyclic amines) is 1. The highest BCUT2D eigenvalue weighted by molar-refractivity contribution is 5.86. The lowest BCUT2D eigenvalue weighted by atomic mass is 10.1. The summed E-state index contributed by atoms with van der Waals surface area (Å²) in [5.41, 5.74) is 0.835. The third-order valence-corrected chi connectivity index (χ3v) is 4.53. The van der Waals surface area contributed by atoms with Gasteiger partial charge in [0.15, 0.2) is 5.65 Å². The van der Waals surface area contributed by atoms with Crippen LogP contribution < -0.4 is 5.32 Å². The van der Waals surface area contributed by atoms with Gasteiger partial charge in [-0.1, -0.05) is 13.3 Å². The minimum absolute atomic E-state index is 0.403. The molecule has 2 aromatic heterocycles. The Morgan fingerprint density at radius 1 is 1.25 bits per heavy atom. The van der Waals surface area contributed by atoms with E-state index in [9.17, 15) is 5.11 Å². The van der Waals surface area contributed by atoms with Gasteiger partial charge in [0, 0.05) is 26.6 Å². The number of hydrogen-bond donors (Lipinski definition) is 2. The van der Waals surface area contributed by atoms with Crippen LogP contribution in [0.25, 0.3) is 11.0 Å². The first-order valence-corrected chi connectivity index (χ1v) is 9.00. The van der Waals surface area contributed by atoms with E-state index in [0.29, 0.717) is 6.54 Å². The molecule has 7 heteroatoms. The van der Waals surface area contributed by atoms with Gasteiger partial charge in [-0.2, -0.15) is 5.10 Å². The molecule has 1 aliphatic heterocycles. The highest BCUT2D eigenvalue weighted by atomic mass is 16.3. The lowest BCUT2D eigenvalue weighted by molar-refractivity contribution is 0.109. The number of aromatic nitrogens is 4. The van der Waals surface area contributed by atoms with Crippen molar-refractivity contribution in [3.63, 3.8) is 0 Å². The van der Waals surface area contributed by atoms with Crippen LogP contribution in [0.2, 0.25) is 0 Å². The average Bonchev–Trinajstić information content (AvgIpc) is 2.95. The van der Waals surface area contributed by atoms with E-state index in [1.54, 1.807) is 10.9 Å². The van der Waals surface area contributed by atoms with Gasteiger partial charge in [0.05, 0.1) is 17.7 Å². The van der Waals surface area contributed by atoms with Crippen LogP contribution >= 0.6 is 0 Å². The fraction of sp³-hybridized carbons (Fsp3) is 0.706. The first kappa shape index (κ1) is 17.1. The van der Waals surface area contributed by atoms with Crippen LogP contribution in [0.5, 0.6) is 0 Å². The number of piperidine rings is 1. The molecular formula is C17H28N6O. The Kier molecular flexibility index (Phi) is 5.63. The molecule has 2 aromatic rings. The SMILES string of the molecule is CCCc1nc(NC[C@H](O)CN2CCCCC2)c2cnn(C)c2n1. The van der Waals surface area contributed by atoms with Gasteiger partial charge in [-0.3, -0.25) is 4.68 Å². The summed E-state index contributed by atoms with van der Waals surface area (Å²) < 4.78 is 1.77. The highest BCUT2D eigenvalue weighted by Crippen LogP contribution is 2.20. The number of aryl methyl sites for hydroxylation is 2. The summed E-state index contributed by atoms with van der Waals surface area (Å²) in [7, 11) is 1.89. The zero-order chi connectivity index (χ0) is 16.9. The molecule has 132 valence electrons. The molecular weight excluding hydrogens is 304 g/mol. The van der Waals surface area contributed by atoms with Gasteiger partial charge in [0.1, 0.15) is 11.6 Å². The van der Waals surface area contributed by atoms with Crippen molar-refractivity contribution >= 4 is 16.9 Å². The highest BCUT2D eigenvalue weighted by Gasteiger charge is 2.16. The van der Waals surface area contributed by atoms with Crippen molar-refractivity contribution in [1.29, 1.82) is 0 Å². The van der Waals surface area contributed by atoms with Crippen molar-refractivity contribution in [2.45, 2.75) is 45.1 Å². The molecule has 3 rings (SSSR count). The number of rotatable bonds is 7. The molecule has 0 amide bonds. The smallest absolute Gasteiger partial charge is 0.163 e. The Bertz CT molecular complexity index is 664. The second-order valence-corrected chi connectivity index (χ2v) is 6.64. The fourth-order valence-electron chi connectivity index (χ4n) is 3.26. The van der Waals surface area contributed by atoms with Crippen LogP contribution in [0.3, 0.4) is 0 Å². The predicted molar refractivity (Wildman–Crippen MR) is 95.1 cm³/mol. The molecule has 0 radical (unpaired) electrons. The van der Waals surface area contributed by atoms with E-state index in [1.165, 1.54) is 19.3 Å². The van der Waals surface area contributed by atoms with Crippen molar-refractivity contribution in [1.82, 2.24) is 24.6 Å². The minimum atomic E-state index is -0.403. The molecule has 2 N–H and O–H groups in total. The number of fused-ring (bicyclic) bond motifs is 1. The molecule has 0 unspecified atom stereocenters. The average molecular weight is 332 g/mol. The van der Waals surface area contributed by atoms with Crippen molar-refractivity contribution in [3.8, 4) is 0 Å². The molecule has 0 spiro atoms. The van der Waals surface area contributed by atoms with E-state index in [2.05, 4.69) is 32.2 Å². The molecule has 24 heavy (non-hydrogen) atoms. The number of aliphatic hydroxyl groups is 1. The fourth-order valence-corrected chi connectivity index (χ4v) is 3.26. The summed E-state index contributed by atoms with van der Waals surface area (Å²) in [4.78, 5) is 11.6. The number of aliphatic hydroxyl groups excluding tert-OH is 1. The maximum absolute atomic E-state index is 10.3. The quantitative estimate of drug-likeness (QED) is 0.801. The van der Waals surface area contributed by atoms with Gasteiger partial charge < -0.3 is 15.3 Å². The Morgan fingerprint density at radius 2 is 2.04 bits per heavy atom. The van der Waals surface area contributed by atoms with E-state index in [0.717, 1.165) is 55.2 Å². The molecule has 0 aliphatic carbocycles. The standard InChI is InChI=1S/C17H28N6O/c1-3-7-15-20-16(14-11-19-22(2)17(14)21-15)18-10-13(24)12-23-8-5-4-6-9-23/h11,13,24H,3-10,12H2,1-2H3,(H,18,20,21)/t13-/m0/s1. The second-order valence-electron chi connectivity index (χ2n) is 6.64. The first-order valence-electron chi connectivity index (χ1n) is 9.00. The van der Waals surface area contributed by atoms with Gasteiger partial charge in [0.25, 0.3) is 0 Å². The molecule has 1 atom stereocenters. The van der Waals surface area contributed by atoms with Crippen molar-refractivity contribution in [2.75, 3.05) is 31.5 Å². The number of anilines is 1. The second kappa shape index (κ2) is 7.90. The number of β-amino-alcohol motifs (C(OH)–C–C–N with tert-alkyl or cyclic N) is 1. The normalized spacial score (nSPS) is 17.3. The van der Waals surface area contributed by atoms with Crippen molar-refractivity contribution in [3.05, 3.63) is 12.0 Å². The molecule has 0 saturated carbocycles. The Morgan fingerprint density at radius 3 is 2.79 bits per heavy atom. The van der Waals surface area contributed by atoms with Gasteiger partial charge in [-0.15, -0.1) is 0 Å². The van der Waals surface area contributed by atoms with E-state index >= 15 is 0 Å². The summed E-state index contributed by atoms with van der Waals surface area (Å²) in [5.74, 6) is 1.59. The third-order valence-electron chi connectivity index (χ3n) is 4.53. The van der Waals surface area contributed by atoms with Gasteiger partial charge >= 0.3 is 0 Å². The largest absolute Gasteiger partial charge is 0.390 e. The Hall–Kier alpha value is -1.73. The number of nitrogens with one attached hydrogen (secondary N) is 1. The summed E-state index contributed by atoms with van der Waals surface area (Å²) in [6, 6.07) is 0. The van der Waals surface area contributed by atoms with Gasteiger partial charge in [-0.05, 0) is 32.4 Å². The van der Waals surface area contributed by atoms with E-state index in [4.69, 9.17) is 0 Å². The van der Waals surface area contributed by atoms with Gasteiger partial charge in [-0.25, -0.2) is 9.97 Å². The van der Waals surface area contributed by atoms with Crippen LogP contribution in [-0.2, 0) is 13.5 Å². The monoisotopic (exact) mass is 332 g/mol. The topological polar surface area (TPSA) is 79.1 Å². The van der Waals surface area contributed by atoms with Crippen LogP contribution in [0.1, 0.15) is 38.4 Å². The first-order chi connectivity index (χ1) is 11.7. The third kappa shape index (κ3) is 4.02. The van der Waals surface area contributed by atoms with E-state index in [-0.39, 0.29) is 0 Å². The molecule has 1 saturated heterocycles. The molecule has 0 bridgehead atoms. The predicted octanol–water partition coefficient (Wildman–Crippen LogP) is 1.57. The van der Waals surface area contributed by atoms with Crippen LogP contribution in [-0.4, -0.2) is 62.0 Å². The number of nitrogens with zero attached hydrogens (tertiary/aromatic N) is 5. The summed E-state index contributed by atoms with van der Waals surface area (Å²) >= 11 is 0. The van der Waals surface area contributed by atoms with E-state index in [1.807, 2.05) is 7.05 Å². The van der Waals surface area contributed by atoms with Crippen LogP contribution in [0.4, 0.5) is 5.82 Å². The summed E-state index contributed by atoms with van der Waals surface area (Å²) in [6.07, 6.45) is 7.01. The zero-order valence-corrected chi connectivity index (χ0v) is 14.7. The summed E-state index contributed by atoms with van der Waals surface area (Å²) in [5, 5.41) is 18.8. The molecule has 0 aromatic carbocycles. The zero-order valence-electron chi connectivity index (χ0n) is 14.7. The lowest BCUT2D eigenvalue weighted by Crippen LogP contribution is -2.39. The Labute approximate surface area is 143 Å². The lowest BCUT2D eigenvalue weighted by Gasteiger charge is -2.28. The number of hydrogen-bond acceptors (Lipinski definition) is 6. The molecule has 7 nitrogen and oxygen atoms in total. The van der Waals surface area contributed by atoms with Crippen LogP contribution in [0, 0.1) is 0 Å². The van der Waals surface area contributed by atoms with Gasteiger partial charge in [0.2, 0.25) is 0 Å². The van der Waals surface area contributed by atoms with Crippen molar-refractivity contribution in [2.24, 2.45) is 7.05 Å². The minimum Gasteiger partial charge on any atom is -0.390 e. The summed E-state index contributed by atoms with van der Waals surface area (Å²) in [6.45, 7) is 5.52. The van der Waals surface area contributed by atoms with E-state index < -0.39 is 6.10 Å². The van der Waals surface area contributed by atoms with Crippen LogP contribution in [0.15, 0.2) is 6.20 Å².